The van der Waals surface area contributed by atoms with Crippen LogP contribution in [0.2, 0.25) is 0 Å². The zero-order chi connectivity index (χ0) is 9.84. The third-order valence-electron chi connectivity index (χ3n) is 2.68. The smallest absolute Gasteiger partial charge is 0.239 e. The molecule has 3 heteroatoms. The number of likely N-dealkylation sites (tertiary alicyclic amines) is 1. The quantitative estimate of drug-likeness (QED) is 0.710. The number of hydrogen-bond acceptors (Lipinski definition) is 2. The van der Waals surface area contributed by atoms with Crippen LogP contribution in [0, 0.1) is 5.92 Å². The first-order valence-electron chi connectivity index (χ1n) is 5.19. The van der Waals surface area contributed by atoms with E-state index >= 15 is 0 Å². The van der Waals surface area contributed by atoms with E-state index in [9.17, 15) is 4.79 Å². The van der Waals surface area contributed by atoms with Crippen molar-refractivity contribution in [1.29, 1.82) is 0 Å². The van der Waals surface area contributed by atoms with Crippen molar-refractivity contribution in [3.05, 3.63) is 0 Å². The maximum Gasteiger partial charge on any atom is 0.239 e. The first kappa shape index (κ1) is 10.5. The highest BCUT2D eigenvalue weighted by Gasteiger charge is 2.26. The highest BCUT2D eigenvalue weighted by Crippen LogP contribution is 2.20. The molecule has 0 aliphatic carbocycles. The van der Waals surface area contributed by atoms with Gasteiger partial charge in [0.1, 0.15) is 0 Å². The van der Waals surface area contributed by atoms with E-state index in [0.717, 1.165) is 19.5 Å². The molecular weight excluding hydrogens is 164 g/mol. The predicted molar refractivity (Wildman–Crippen MR) is 53.2 cm³/mol. The van der Waals surface area contributed by atoms with E-state index in [1.807, 2.05) is 4.90 Å². The van der Waals surface area contributed by atoms with Crippen LogP contribution >= 0.6 is 0 Å². The van der Waals surface area contributed by atoms with Gasteiger partial charge in [-0.1, -0.05) is 13.3 Å². The Morgan fingerprint density at radius 2 is 2.38 bits per heavy atom. The third kappa shape index (κ3) is 2.69. The molecule has 76 valence electrons. The second-order valence-electron chi connectivity index (χ2n) is 4.02. The summed E-state index contributed by atoms with van der Waals surface area (Å²) in [5.74, 6) is 0.825. The van der Waals surface area contributed by atoms with Crippen LogP contribution in [0.3, 0.4) is 0 Å². The lowest BCUT2D eigenvalue weighted by molar-refractivity contribution is -0.131. The van der Waals surface area contributed by atoms with E-state index in [0.29, 0.717) is 5.92 Å². The van der Waals surface area contributed by atoms with Gasteiger partial charge in [0.05, 0.1) is 6.04 Å². The Balaban J connectivity index is 2.36. The van der Waals surface area contributed by atoms with Crippen molar-refractivity contribution in [2.45, 2.75) is 39.2 Å². The average Bonchev–Trinajstić information content (AvgIpc) is 2.52. The summed E-state index contributed by atoms with van der Waals surface area (Å²) in [7, 11) is 0. The average molecular weight is 184 g/mol. The summed E-state index contributed by atoms with van der Waals surface area (Å²) in [6, 6.07) is -0.333. The fraction of sp³-hybridized carbons (Fsp3) is 0.900. The van der Waals surface area contributed by atoms with Crippen molar-refractivity contribution in [3.63, 3.8) is 0 Å². The molecule has 2 N–H and O–H groups in total. The van der Waals surface area contributed by atoms with Crippen LogP contribution in [0.25, 0.3) is 0 Å². The van der Waals surface area contributed by atoms with Crippen LogP contribution in [-0.2, 0) is 4.79 Å². The Kier molecular flexibility index (Phi) is 3.72. The molecule has 1 amide bonds. The van der Waals surface area contributed by atoms with Gasteiger partial charge in [0.2, 0.25) is 5.91 Å². The normalized spacial score (nSPS) is 24.8. The second-order valence-corrected chi connectivity index (χ2v) is 4.02. The van der Waals surface area contributed by atoms with Crippen LogP contribution in [-0.4, -0.2) is 29.9 Å². The maximum absolute atomic E-state index is 11.5. The van der Waals surface area contributed by atoms with E-state index in [2.05, 4.69) is 6.92 Å². The van der Waals surface area contributed by atoms with Gasteiger partial charge in [-0.2, -0.15) is 0 Å². The summed E-state index contributed by atoms with van der Waals surface area (Å²) < 4.78 is 0. The Labute approximate surface area is 80.3 Å². The summed E-state index contributed by atoms with van der Waals surface area (Å²) in [5, 5.41) is 0. The predicted octanol–water partition coefficient (Wildman–Crippen LogP) is 0.982. The van der Waals surface area contributed by atoms with Gasteiger partial charge in [0, 0.05) is 13.1 Å². The van der Waals surface area contributed by atoms with E-state index in [1.165, 1.54) is 12.8 Å². The lowest BCUT2D eigenvalue weighted by atomic mass is 10.0. The number of nitrogens with two attached hydrogens (primary N) is 1. The van der Waals surface area contributed by atoms with Gasteiger partial charge in [-0.15, -0.1) is 0 Å². The molecule has 0 aromatic carbocycles. The summed E-state index contributed by atoms with van der Waals surface area (Å²) in [4.78, 5) is 13.4. The monoisotopic (exact) mass is 184 g/mol. The summed E-state index contributed by atoms with van der Waals surface area (Å²) >= 11 is 0. The minimum Gasteiger partial charge on any atom is -0.341 e. The molecule has 0 aromatic rings. The number of carbonyl (C=O) groups excluding carboxylic acids is 1. The molecule has 0 aromatic heterocycles. The van der Waals surface area contributed by atoms with E-state index in [-0.39, 0.29) is 11.9 Å². The van der Waals surface area contributed by atoms with Crippen molar-refractivity contribution in [3.8, 4) is 0 Å². The van der Waals surface area contributed by atoms with Crippen molar-refractivity contribution >= 4 is 5.91 Å². The van der Waals surface area contributed by atoms with Crippen LogP contribution in [0.1, 0.15) is 33.1 Å². The maximum atomic E-state index is 11.5. The van der Waals surface area contributed by atoms with E-state index in [4.69, 9.17) is 5.73 Å². The molecule has 1 unspecified atom stereocenters. The first-order chi connectivity index (χ1) is 6.15. The van der Waals surface area contributed by atoms with Crippen LogP contribution in [0.5, 0.6) is 0 Å². The molecule has 0 radical (unpaired) electrons. The molecule has 2 atom stereocenters. The summed E-state index contributed by atoms with van der Waals surface area (Å²) in [6.45, 7) is 5.78. The summed E-state index contributed by atoms with van der Waals surface area (Å²) in [6.07, 6.45) is 3.61. The highest BCUT2D eigenvalue weighted by molar-refractivity contribution is 5.81. The van der Waals surface area contributed by atoms with Gasteiger partial charge < -0.3 is 10.6 Å². The minimum absolute atomic E-state index is 0.110. The molecule has 1 rings (SSSR count). The lowest BCUT2D eigenvalue weighted by Gasteiger charge is -2.18. The van der Waals surface area contributed by atoms with Crippen molar-refractivity contribution < 1.29 is 4.79 Å². The molecular formula is C10H20N2O. The zero-order valence-corrected chi connectivity index (χ0v) is 8.62. The van der Waals surface area contributed by atoms with Crippen molar-refractivity contribution in [1.82, 2.24) is 4.90 Å². The van der Waals surface area contributed by atoms with E-state index in [1.54, 1.807) is 6.92 Å². The molecule has 1 aliphatic heterocycles. The van der Waals surface area contributed by atoms with Gasteiger partial charge in [0.25, 0.3) is 0 Å². The SMILES string of the molecule is CCCC1CCN(C(=O)[C@@H](C)N)C1. The number of hydrogen-bond donors (Lipinski definition) is 1. The summed E-state index contributed by atoms with van der Waals surface area (Å²) in [5.41, 5.74) is 5.54. The molecule has 0 spiro atoms. The first-order valence-corrected chi connectivity index (χ1v) is 5.19. The van der Waals surface area contributed by atoms with Crippen LogP contribution in [0.15, 0.2) is 0 Å². The number of nitrogens with zero attached hydrogens (tertiary/aromatic N) is 1. The van der Waals surface area contributed by atoms with Crippen molar-refractivity contribution in [2.24, 2.45) is 11.7 Å². The molecule has 0 saturated carbocycles. The third-order valence-corrected chi connectivity index (χ3v) is 2.68. The van der Waals surface area contributed by atoms with Gasteiger partial charge >= 0.3 is 0 Å². The van der Waals surface area contributed by atoms with Crippen LogP contribution in [0.4, 0.5) is 0 Å². The number of rotatable bonds is 3. The molecule has 1 aliphatic rings. The fourth-order valence-corrected chi connectivity index (χ4v) is 1.96. The topological polar surface area (TPSA) is 46.3 Å². The molecule has 13 heavy (non-hydrogen) atoms. The van der Waals surface area contributed by atoms with E-state index < -0.39 is 0 Å². The standard InChI is InChI=1S/C10H20N2O/c1-3-4-9-5-6-12(7-9)10(13)8(2)11/h8-9H,3-7,11H2,1-2H3/t8-,9?/m1/s1. The zero-order valence-electron chi connectivity index (χ0n) is 8.62. The Bertz CT molecular complexity index is 180. The number of carbonyl (C=O) groups is 1. The molecule has 1 saturated heterocycles. The van der Waals surface area contributed by atoms with Crippen LogP contribution < -0.4 is 5.73 Å². The molecule has 1 fully saturated rings. The van der Waals surface area contributed by atoms with Gasteiger partial charge in [-0.3, -0.25) is 4.79 Å². The lowest BCUT2D eigenvalue weighted by Crippen LogP contribution is -2.40. The fourth-order valence-electron chi connectivity index (χ4n) is 1.96. The molecule has 0 bridgehead atoms. The molecule has 3 nitrogen and oxygen atoms in total. The van der Waals surface area contributed by atoms with Gasteiger partial charge in [-0.05, 0) is 25.7 Å². The van der Waals surface area contributed by atoms with Gasteiger partial charge in [0.15, 0.2) is 0 Å². The second kappa shape index (κ2) is 4.61. The molecule has 1 heterocycles. The Morgan fingerprint density at radius 3 is 2.92 bits per heavy atom. The van der Waals surface area contributed by atoms with Gasteiger partial charge in [-0.25, -0.2) is 0 Å². The number of amides is 1. The minimum atomic E-state index is -0.333. The Morgan fingerprint density at radius 1 is 1.69 bits per heavy atom. The van der Waals surface area contributed by atoms with Crippen molar-refractivity contribution in [2.75, 3.05) is 13.1 Å². The highest BCUT2D eigenvalue weighted by atomic mass is 16.2. The Hall–Kier alpha value is -0.570. The largest absolute Gasteiger partial charge is 0.341 e.